The quantitative estimate of drug-likeness (QED) is 0.738. The van der Waals surface area contributed by atoms with Gasteiger partial charge in [-0.3, -0.25) is 0 Å². The highest BCUT2D eigenvalue weighted by atomic mass is 32.2. The molecule has 0 spiro atoms. The van der Waals surface area contributed by atoms with E-state index in [4.69, 9.17) is 0 Å². The molecular weight excluding hydrogens is 258 g/mol. The minimum absolute atomic E-state index is 0.0410. The Morgan fingerprint density at radius 3 is 2.32 bits per heavy atom. The molecule has 2 rings (SSSR count). The summed E-state index contributed by atoms with van der Waals surface area (Å²) in [6.45, 7) is 1.97. The number of rotatable bonds is 4. The van der Waals surface area contributed by atoms with Gasteiger partial charge in [0.2, 0.25) is 0 Å². The van der Waals surface area contributed by atoms with Crippen molar-refractivity contribution in [1.29, 1.82) is 0 Å². The maximum Gasteiger partial charge on any atom is 0.124 e. The summed E-state index contributed by atoms with van der Waals surface area (Å²) in [5.41, 5.74) is 1.75. The number of aromatic hydroxyl groups is 2. The van der Waals surface area contributed by atoms with Gasteiger partial charge in [0, 0.05) is 22.2 Å². The lowest BCUT2D eigenvalue weighted by molar-refractivity contribution is 0.444. The second kappa shape index (κ2) is 5.89. The lowest BCUT2D eigenvalue weighted by Crippen LogP contribution is -2.06. The van der Waals surface area contributed by atoms with Gasteiger partial charge in [0.25, 0.3) is 0 Å². The lowest BCUT2D eigenvalue weighted by Gasteiger charge is -2.17. The summed E-state index contributed by atoms with van der Waals surface area (Å²) in [6.07, 6.45) is 2.04. The number of anilines is 1. The third kappa shape index (κ3) is 3.35. The Morgan fingerprint density at radius 2 is 1.74 bits per heavy atom. The fourth-order valence-electron chi connectivity index (χ4n) is 1.91. The van der Waals surface area contributed by atoms with E-state index < -0.39 is 0 Å². The number of benzene rings is 2. The van der Waals surface area contributed by atoms with Crippen LogP contribution < -0.4 is 5.32 Å². The van der Waals surface area contributed by atoms with Gasteiger partial charge in [0.1, 0.15) is 11.5 Å². The summed E-state index contributed by atoms with van der Waals surface area (Å²) in [5.74, 6) is 0.165. The molecule has 3 nitrogen and oxygen atoms in total. The van der Waals surface area contributed by atoms with Crippen LogP contribution in [-0.4, -0.2) is 16.5 Å². The molecule has 2 aromatic carbocycles. The number of phenols is 2. The predicted molar refractivity (Wildman–Crippen MR) is 80.0 cm³/mol. The van der Waals surface area contributed by atoms with Crippen LogP contribution in [0.3, 0.4) is 0 Å². The summed E-state index contributed by atoms with van der Waals surface area (Å²) in [6, 6.07) is 12.7. The zero-order chi connectivity index (χ0) is 13.8. The Labute approximate surface area is 117 Å². The van der Waals surface area contributed by atoms with Crippen LogP contribution in [0.1, 0.15) is 18.5 Å². The SMILES string of the molecule is CSc1ccc(NC(C)c2ccc(O)cc2O)cc1. The van der Waals surface area contributed by atoms with Gasteiger partial charge in [0.05, 0.1) is 6.04 Å². The van der Waals surface area contributed by atoms with Crippen molar-refractivity contribution in [3.63, 3.8) is 0 Å². The van der Waals surface area contributed by atoms with Gasteiger partial charge in [-0.15, -0.1) is 11.8 Å². The Bertz CT molecular complexity index is 555. The molecular formula is C15H17NO2S. The third-order valence-electron chi connectivity index (χ3n) is 2.95. The molecule has 1 atom stereocenters. The standard InChI is InChI=1S/C15H17NO2S/c1-10(14-8-5-12(17)9-15(14)18)16-11-3-6-13(19-2)7-4-11/h3-10,16-18H,1-2H3. The highest BCUT2D eigenvalue weighted by Crippen LogP contribution is 2.30. The van der Waals surface area contributed by atoms with Crippen molar-refractivity contribution in [3.05, 3.63) is 48.0 Å². The van der Waals surface area contributed by atoms with E-state index in [1.54, 1.807) is 23.9 Å². The Hall–Kier alpha value is -1.81. The first-order valence-corrected chi connectivity index (χ1v) is 7.25. The molecule has 0 radical (unpaired) electrons. The average Bonchev–Trinajstić information content (AvgIpc) is 2.39. The Balaban J connectivity index is 2.13. The monoisotopic (exact) mass is 275 g/mol. The molecule has 4 heteroatoms. The Morgan fingerprint density at radius 1 is 1.05 bits per heavy atom. The highest BCUT2D eigenvalue weighted by molar-refractivity contribution is 7.98. The summed E-state index contributed by atoms with van der Waals surface area (Å²) in [7, 11) is 0. The van der Waals surface area contributed by atoms with Crippen LogP contribution in [-0.2, 0) is 0 Å². The molecule has 0 heterocycles. The van der Waals surface area contributed by atoms with Gasteiger partial charge in [-0.05, 0) is 49.6 Å². The average molecular weight is 275 g/mol. The molecule has 19 heavy (non-hydrogen) atoms. The van der Waals surface area contributed by atoms with E-state index in [1.165, 1.54) is 11.0 Å². The van der Waals surface area contributed by atoms with E-state index in [1.807, 2.05) is 25.3 Å². The first kappa shape index (κ1) is 13.6. The van der Waals surface area contributed by atoms with E-state index in [0.717, 1.165) is 11.3 Å². The number of hydrogen-bond donors (Lipinski definition) is 3. The van der Waals surface area contributed by atoms with Crippen LogP contribution in [0.15, 0.2) is 47.4 Å². The summed E-state index contributed by atoms with van der Waals surface area (Å²) >= 11 is 1.70. The number of phenolic OH excluding ortho intramolecular Hbond substituents is 2. The molecule has 100 valence electrons. The highest BCUT2D eigenvalue weighted by Gasteiger charge is 2.10. The van der Waals surface area contributed by atoms with E-state index in [9.17, 15) is 10.2 Å². The van der Waals surface area contributed by atoms with E-state index in [-0.39, 0.29) is 17.5 Å². The molecule has 0 saturated heterocycles. The molecule has 0 bridgehead atoms. The van der Waals surface area contributed by atoms with Gasteiger partial charge < -0.3 is 15.5 Å². The number of hydrogen-bond acceptors (Lipinski definition) is 4. The van der Waals surface area contributed by atoms with Crippen molar-refractivity contribution < 1.29 is 10.2 Å². The molecule has 0 aliphatic heterocycles. The first-order valence-electron chi connectivity index (χ1n) is 6.02. The van der Waals surface area contributed by atoms with Crippen LogP contribution in [0.2, 0.25) is 0 Å². The third-order valence-corrected chi connectivity index (χ3v) is 3.70. The van der Waals surface area contributed by atoms with Gasteiger partial charge in [0.15, 0.2) is 0 Å². The summed E-state index contributed by atoms with van der Waals surface area (Å²) in [5, 5.41) is 22.4. The van der Waals surface area contributed by atoms with Crippen LogP contribution >= 0.6 is 11.8 Å². The fraction of sp³-hybridized carbons (Fsp3) is 0.200. The Kier molecular flexibility index (Phi) is 4.22. The van der Waals surface area contributed by atoms with E-state index in [0.29, 0.717) is 0 Å². The van der Waals surface area contributed by atoms with Crippen LogP contribution in [0.4, 0.5) is 5.69 Å². The predicted octanol–water partition coefficient (Wildman–Crippen LogP) is 3.99. The second-order valence-corrected chi connectivity index (χ2v) is 5.22. The van der Waals surface area contributed by atoms with Crippen molar-refractivity contribution in [3.8, 4) is 11.5 Å². The molecule has 0 saturated carbocycles. The van der Waals surface area contributed by atoms with Crippen molar-refractivity contribution in [1.82, 2.24) is 0 Å². The maximum absolute atomic E-state index is 9.82. The number of thioether (sulfide) groups is 1. The van der Waals surface area contributed by atoms with Gasteiger partial charge in [-0.2, -0.15) is 0 Å². The minimum Gasteiger partial charge on any atom is -0.508 e. The molecule has 0 aliphatic carbocycles. The molecule has 2 aromatic rings. The van der Waals surface area contributed by atoms with Crippen molar-refractivity contribution in [2.75, 3.05) is 11.6 Å². The molecule has 0 amide bonds. The molecule has 0 aromatic heterocycles. The van der Waals surface area contributed by atoms with E-state index >= 15 is 0 Å². The molecule has 0 fully saturated rings. The van der Waals surface area contributed by atoms with Crippen molar-refractivity contribution in [2.45, 2.75) is 17.9 Å². The maximum atomic E-state index is 9.82. The van der Waals surface area contributed by atoms with Gasteiger partial charge in [-0.1, -0.05) is 0 Å². The summed E-state index contributed by atoms with van der Waals surface area (Å²) in [4.78, 5) is 1.21. The van der Waals surface area contributed by atoms with Crippen LogP contribution in [0.5, 0.6) is 11.5 Å². The molecule has 3 N–H and O–H groups in total. The zero-order valence-electron chi connectivity index (χ0n) is 10.9. The van der Waals surface area contributed by atoms with Gasteiger partial charge >= 0.3 is 0 Å². The molecule has 0 aliphatic rings. The smallest absolute Gasteiger partial charge is 0.124 e. The first-order chi connectivity index (χ1) is 9.10. The summed E-state index contributed by atoms with van der Waals surface area (Å²) < 4.78 is 0. The topological polar surface area (TPSA) is 52.5 Å². The van der Waals surface area contributed by atoms with E-state index in [2.05, 4.69) is 17.4 Å². The number of nitrogens with one attached hydrogen (secondary N) is 1. The van der Waals surface area contributed by atoms with Crippen LogP contribution in [0.25, 0.3) is 0 Å². The largest absolute Gasteiger partial charge is 0.508 e. The van der Waals surface area contributed by atoms with Gasteiger partial charge in [-0.25, -0.2) is 0 Å². The second-order valence-electron chi connectivity index (χ2n) is 4.34. The van der Waals surface area contributed by atoms with Crippen molar-refractivity contribution in [2.24, 2.45) is 0 Å². The van der Waals surface area contributed by atoms with Crippen LogP contribution in [0, 0.1) is 0 Å². The minimum atomic E-state index is -0.0410. The normalized spacial score (nSPS) is 12.1. The zero-order valence-corrected chi connectivity index (χ0v) is 11.7. The lowest BCUT2D eigenvalue weighted by atomic mass is 10.1. The van der Waals surface area contributed by atoms with Crippen molar-refractivity contribution >= 4 is 17.4 Å². The molecule has 1 unspecified atom stereocenters. The fourth-order valence-corrected chi connectivity index (χ4v) is 2.32.